The van der Waals surface area contributed by atoms with Gasteiger partial charge in [-0.1, -0.05) is 232 Å². The minimum Gasteiger partial charge on any atom is -0.457 e. The number of phosphoric acid groups is 1. The smallest absolute Gasteiger partial charge is 0.457 e. The molecule has 0 saturated heterocycles. The van der Waals surface area contributed by atoms with Gasteiger partial charge in [0.2, 0.25) is 0 Å². The number of unbranched alkanes of at least 4 members (excludes halogenated alkanes) is 34. The van der Waals surface area contributed by atoms with Crippen molar-refractivity contribution in [2.75, 3.05) is 33.0 Å². The van der Waals surface area contributed by atoms with Crippen LogP contribution in [0.25, 0.3) is 0 Å². The van der Waals surface area contributed by atoms with E-state index in [4.69, 9.17) is 24.3 Å². The molecule has 0 fully saturated rings. The number of rotatable bonds is 47. The van der Waals surface area contributed by atoms with E-state index in [2.05, 4.69) is 13.8 Å². The fourth-order valence-corrected chi connectivity index (χ4v) is 8.00. The van der Waals surface area contributed by atoms with Crippen LogP contribution in [0.1, 0.15) is 251 Å². The van der Waals surface area contributed by atoms with Gasteiger partial charge in [-0.2, -0.15) is 0 Å². The van der Waals surface area contributed by atoms with Gasteiger partial charge in [0, 0.05) is 19.6 Å². The van der Waals surface area contributed by atoms with Crippen molar-refractivity contribution >= 4 is 13.8 Å². The van der Waals surface area contributed by atoms with Gasteiger partial charge in [-0.15, -0.1) is 0 Å². The van der Waals surface area contributed by atoms with Crippen molar-refractivity contribution in [3.63, 3.8) is 0 Å². The second-order valence-electron chi connectivity index (χ2n) is 16.3. The molecule has 2 unspecified atom stereocenters. The summed E-state index contributed by atoms with van der Waals surface area (Å²) in [7, 11) is -4.27. The van der Waals surface area contributed by atoms with Crippen LogP contribution in [0.3, 0.4) is 0 Å². The molecular formula is C46H94NO7P. The molecule has 9 heteroatoms. The predicted octanol–water partition coefficient (Wildman–Crippen LogP) is 14.5. The molecule has 0 saturated carbocycles. The van der Waals surface area contributed by atoms with E-state index in [1.807, 2.05) is 0 Å². The van der Waals surface area contributed by atoms with Crippen LogP contribution in [-0.2, 0) is 27.9 Å². The number of carbonyl (C=O) groups is 1. The lowest BCUT2D eigenvalue weighted by Crippen LogP contribution is -2.28. The fraction of sp³-hybridized carbons (Fsp3) is 0.978. The Morgan fingerprint density at radius 1 is 0.473 bits per heavy atom. The summed E-state index contributed by atoms with van der Waals surface area (Å²) in [6.45, 7) is 5.00. The molecule has 3 N–H and O–H groups in total. The van der Waals surface area contributed by atoms with Gasteiger partial charge in [-0.05, 0) is 12.8 Å². The molecule has 0 rings (SSSR count). The number of esters is 1. The standard InChI is InChI=1S/C46H94NO7P/c1-3-5-7-9-11-13-15-17-19-21-22-23-24-25-27-29-31-33-35-37-39-46(48)54-45(44-53-55(49,50)52-42-40-47)43-51-41-38-36-34-32-30-28-26-20-18-16-14-12-10-8-6-4-2/h45H,3-44,47H2,1-2H3,(H,49,50). The van der Waals surface area contributed by atoms with E-state index in [0.717, 1.165) is 32.1 Å². The van der Waals surface area contributed by atoms with Crippen LogP contribution in [0.2, 0.25) is 0 Å². The lowest BCUT2D eigenvalue weighted by molar-refractivity contribution is -0.154. The van der Waals surface area contributed by atoms with Gasteiger partial charge in [0.25, 0.3) is 0 Å². The minimum atomic E-state index is -4.27. The predicted molar refractivity (Wildman–Crippen MR) is 234 cm³/mol. The fourth-order valence-electron chi connectivity index (χ4n) is 7.24. The zero-order chi connectivity index (χ0) is 40.2. The van der Waals surface area contributed by atoms with Crippen molar-refractivity contribution in [2.24, 2.45) is 5.73 Å². The Morgan fingerprint density at radius 3 is 1.15 bits per heavy atom. The molecule has 0 radical (unpaired) electrons. The van der Waals surface area contributed by atoms with Crippen molar-refractivity contribution in [1.29, 1.82) is 0 Å². The first-order valence-electron chi connectivity index (χ1n) is 24.0. The van der Waals surface area contributed by atoms with E-state index in [9.17, 15) is 14.3 Å². The highest BCUT2D eigenvalue weighted by molar-refractivity contribution is 7.47. The molecule has 55 heavy (non-hydrogen) atoms. The third kappa shape index (κ3) is 44.4. The Bertz CT molecular complexity index is 817. The Morgan fingerprint density at radius 2 is 0.800 bits per heavy atom. The molecule has 2 atom stereocenters. The highest BCUT2D eigenvalue weighted by atomic mass is 31.2. The van der Waals surface area contributed by atoms with Crippen LogP contribution >= 0.6 is 7.82 Å². The average molecular weight is 804 g/mol. The van der Waals surface area contributed by atoms with Gasteiger partial charge in [0.1, 0.15) is 6.10 Å². The van der Waals surface area contributed by atoms with Gasteiger partial charge in [-0.25, -0.2) is 4.57 Å². The van der Waals surface area contributed by atoms with Crippen LogP contribution in [0, 0.1) is 0 Å². The first-order valence-corrected chi connectivity index (χ1v) is 25.5. The zero-order valence-corrected chi connectivity index (χ0v) is 37.6. The quantitative estimate of drug-likeness (QED) is 0.0355. The lowest BCUT2D eigenvalue weighted by atomic mass is 10.0. The third-order valence-electron chi connectivity index (χ3n) is 10.8. The molecule has 330 valence electrons. The maximum absolute atomic E-state index is 12.6. The largest absolute Gasteiger partial charge is 0.472 e. The summed E-state index contributed by atoms with van der Waals surface area (Å²) in [4.78, 5) is 22.5. The summed E-state index contributed by atoms with van der Waals surface area (Å²) in [5.74, 6) is -0.322. The van der Waals surface area contributed by atoms with Gasteiger partial charge in [-0.3, -0.25) is 13.8 Å². The van der Waals surface area contributed by atoms with Crippen LogP contribution in [0.5, 0.6) is 0 Å². The van der Waals surface area contributed by atoms with E-state index in [1.54, 1.807) is 0 Å². The number of nitrogens with two attached hydrogens (primary N) is 1. The Hall–Kier alpha value is -0.500. The molecule has 0 aliphatic rings. The highest BCUT2D eigenvalue weighted by Gasteiger charge is 2.25. The topological polar surface area (TPSA) is 117 Å². The molecule has 8 nitrogen and oxygen atoms in total. The summed E-state index contributed by atoms with van der Waals surface area (Å²) >= 11 is 0. The zero-order valence-electron chi connectivity index (χ0n) is 36.7. The van der Waals surface area contributed by atoms with Crippen molar-refractivity contribution in [2.45, 2.75) is 258 Å². The minimum absolute atomic E-state index is 0.0899. The first kappa shape index (κ1) is 54.5. The summed E-state index contributed by atoms with van der Waals surface area (Å²) in [5, 5.41) is 0. The van der Waals surface area contributed by atoms with Gasteiger partial charge < -0.3 is 20.1 Å². The van der Waals surface area contributed by atoms with Crippen molar-refractivity contribution in [3.8, 4) is 0 Å². The maximum Gasteiger partial charge on any atom is 0.472 e. The Balaban J connectivity index is 3.91. The second kappa shape index (κ2) is 44.6. The van der Waals surface area contributed by atoms with Gasteiger partial charge in [0.15, 0.2) is 0 Å². The molecule has 0 spiro atoms. The Kier molecular flexibility index (Phi) is 44.2. The summed E-state index contributed by atoms with van der Waals surface area (Å²) in [6.07, 6.45) is 47.0. The molecular weight excluding hydrogens is 709 g/mol. The van der Waals surface area contributed by atoms with Crippen molar-refractivity contribution in [1.82, 2.24) is 0 Å². The number of ether oxygens (including phenoxy) is 2. The van der Waals surface area contributed by atoms with Crippen molar-refractivity contribution < 1.29 is 32.8 Å². The molecule has 0 aromatic carbocycles. The van der Waals surface area contributed by atoms with Crippen LogP contribution in [0.4, 0.5) is 0 Å². The molecule has 0 heterocycles. The molecule has 0 aromatic heterocycles. The van der Waals surface area contributed by atoms with Gasteiger partial charge in [0.05, 0.1) is 19.8 Å². The second-order valence-corrected chi connectivity index (χ2v) is 17.8. The highest BCUT2D eigenvalue weighted by Crippen LogP contribution is 2.43. The molecule has 0 aromatic rings. The van der Waals surface area contributed by atoms with Crippen molar-refractivity contribution in [3.05, 3.63) is 0 Å². The monoisotopic (exact) mass is 804 g/mol. The lowest BCUT2D eigenvalue weighted by Gasteiger charge is -2.20. The maximum atomic E-state index is 12.6. The average Bonchev–Trinajstić information content (AvgIpc) is 3.17. The summed E-state index contributed by atoms with van der Waals surface area (Å²) in [5.41, 5.74) is 5.38. The number of hydrogen-bond acceptors (Lipinski definition) is 7. The molecule has 0 bridgehead atoms. The summed E-state index contributed by atoms with van der Waals surface area (Å²) < 4.78 is 33.5. The van der Waals surface area contributed by atoms with E-state index >= 15 is 0 Å². The number of carbonyl (C=O) groups excluding carboxylic acids is 1. The number of hydrogen-bond donors (Lipinski definition) is 2. The molecule has 0 aliphatic heterocycles. The number of phosphoric ester groups is 1. The van der Waals surface area contributed by atoms with Crippen LogP contribution in [0.15, 0.2) is 0 Å². The Labute approximate surface area is 341 Å². The normalized spacial score (nSPS) is 13.3. The van der Waals surface area contributed by atoms with Crippen LogP contribution < -0.4 is 5.73 Å². The summed E-state index contributed by atoms with van der Waals surface area (Å²) in [6, 6.07) is 0. The SMILES string of the molecule is CCCCCCCCCCCCCCCCCCCCCCC(=O)OC(COCCCCCCCCCCCCCCCCCC)COP(=O)(O)OCCN. The van der Waals surface area contributed by atoms with Gasteiger partial charge >= 0.3 is 13.8 Å². The van der Waals surface area contributed by atoms with E-state index in [-0.39, 0.29) is 32.3 Å². The molecule has 0 amide bonds. The van der Waals surface area contributed by atoms with E-state index < -0.39 is 13.9 Å². The van der Waals surface area contributed by atoms with E-state index in [1.165, 1.54) is 199 Å². The third-order valence-corrected chi connectivity index (χ3v) is 11.8. The molecule has 0 aliphatic carbocycles. The van der Waals surface area contributed by atoms with Crippen LogP contribution in [-0.4, -0.2) is 49.9 Å². The first-order chi connectivity index (χ1) is 26.9. The van der Waals surface area contributed by atoms with E-state index in [0.29, 0.717) is 13.0 Å².